The average molecular weight is 252 g/mol. The van der Waals surface area contributed by atoms with Crippen LogP contribution in [0.5, 0.6) is 5.75 Å². The lowest BCUT2D eigenvalue weighted by atomic mass is 10.2. The first-order valence-electron chi connectivity index (χ1n) is 2.77. The minimum atomic E-state index is -0.608. The molecule has 0 radical (unpaired) electrons. The molecule has 54 valence electrons. The van der Waals surface area contributed by atoms with E-state index < -0.39 is 6.67 Å². The molecule has 0 amide bonds. The number of hydrogen-bond acceptors (Lipinski definition) is 1. The lowest BCUT2D eigenvalue weighted by Crippen LogP contribution is -1.80. The van der Waals surface area contributed by atoms with Gasteiger partial charge in [-0.3, -0.25) is 0 Å². The van der Waals surface area contributed by atoms with Gasteiger partial charge in [-0.1, -0.05) is 6.07 Å². The summed E-state index contributed by atoms with van der Waals surface area (Å²) in [6, 6.07) is 4.88. The smallest absolute Gasteiger partial charge is 0.122 e. The van der Waals surface area contributed by atoms with Crippen molar-refractivity contribution < 1.29 is 9.50 Å². The van der Waals surface area contributed by atoms with Gasteiger partial charge in [0.2, 0.25) is 0 Å². The molecule has 1 rings (SSSR count). The Morgan fingerprint density at radius 1 is 1.50 bits per heavy atom. The van der Waals surface area contributed by atoms with Crippen LogP contribution in [0, 0.1) is 3.57 Å². The minimum Gasteiger partial charge on any atom is -0.508 e. The van der Waals surface area contributed by atoms with Gasteiger partial charge in [-0.05, 0) is 34.7 Å². The molecule has 0 unspecified atom stereocenters. The molecule has 0 saturated carbocycles. The predicted molar refractivity (Wildman–Crippen MR) is 45.6 cm³/mol. The zero-order valence-corrected chi connectivity index (χ0v) is 7.30. The molecule has 0 aliphatic rings. The Balaban J connectivity index is 3.07. The number of benzene rings is 1. The third kappa shape index (κ3) is 1.59. The molecule has 0 aromatic heterocycles. The topological polar surface area (TPSA) is 20.2 Å². The Morgan fingerprint density at radius 2 is 2.20 bits per heavy atom. The number of halogens is 2. The van der Waals surface area contributed by atoms with Gasteiger partial charge >= 0.3 is 0 Å². The molecular weight excluding hydrogens is 246 g/mol. The van der Waals surface area contributed by atoms with Gasteiger partial charge in [-0.2, -0.15) is 0 Å². The molecule has 1 nitrogen and oxygen atoms in total. The summed E-state index contributed by atoms with van der Waals surface area (Å²) >= 11 is 2.06. The highest BCUT2D eigenvalue weighted by molar-refractivity contribution is 14.1. The largest absolute Gasteiger partial charge is 0.508 e. The van der Waals surface area contributed by atoms with Crippen molar-refractivity contribution in [1.82, 2.24) is 0 Å². The van der Waals surface area contributed by atoms with Crippen LogP contribution in [0.15, 0.2) is 18.2 Å². The van der Waals surface area contributed by atoms with Crippen LogP contribution in [-0.4, -0.2) is 5.11 Å². The van der Waals surface area contributed by atoms with Gasteiger partial charge in [0.25, 0.3) is 0 Å². The zero-order valence-electron chi connectivity index (χ0n) is 5.14. The van der Waals surface area contributed by atoms with Crippen molar-refractivity contribution >= 4 is 22.6 Å². The first kappa shape index (κ1) is 7.78. The number of phenolic OH excluding ortho intramolecular Hbond substituents is 1. The summed E-state index contributed by atoms with van der Waals surface area (Å²) in [5.41, 5.74) is 0.348. The third-order valence-corrected chi connectivity index (χ3v) is 1.86. The zero-order chi connectivity index (χ0) is 7.56. The molecule has 0 aliphatic carbocycles. The molecule has 0 saturated heterocycles. The van der Waals surface area contributed by atoms with E-state index in [0.29, 0.717) is 5.56 Å². The van der Waals surface area contributed by atoms with Crippen molar-refractivity contribution in [3.63, 3.8) is 0 Å². The van der Waals surface area contributed by atoms with Gasteiger partial charge in [0.1, 0.15) is 12.4 Å². The first-order valence-corrected chi connectivity index (χ1v) is 3.85. The van der Waals surface area contributed by atoms with Crippen LogP contribution in [0.25, 0.3) is 0 Å². The summed E-state index contributed by atoms with van der Waals surface area (Å²) in [5.74, 6) is 0.0365. The number of phenols is 1. The molecule has 1 aromatic rings. The molecular formula is C7H6FIO. The quantitative estimate of drug-likeness (QED) is 0.761. The fourth-order valence-corrected chi connectivity index (χ4v) is 1.12. The molecule has 3 heteroatoms. The minimum absolute atomic E-state index is 0.0365. The van der Waals surface area contributed by atoms with E-state index in [0.717, 1.165) is 3.57 Å². The second-order valence-electron chi connectivity index (χ2n) is 1.91. The van der Waals surface area contributed by atoms with Crippen molar-refractivity contribution in [3.05, 3.63) is 27.3 Å². The molecule has 1 N–H and O–H groups in total. The second kappa shape index (κ2) is 3.18. The molecule has 10 heavy (non-hydrogen) atoms. The maximum Gasteiger partial charge on any atom is 0.122 e. The molecule has 0 aliphatic heterocycles. The number of hydrogen-bond donors (Lipinski definition) is 1. The Kier molecular flexibility index (Phi) is 2.48. The number of alkyl halides is 1. The molecule has 0 atom stereocenters. The van der Waals surface area contributed by atoms with Crippen LogP contribution < -0.4 is 0 Å². The maximum absolute atomic E-state index is 12.0. The number of aromatic hydroxyl groups is 1. The van der Waals surface area contributed by atoms with Gasteiger partial charge in [0, 0.05) is 9.13 Å². The van der Waals surface area contributed by atoms with Crippen LogP contribution >= 0.6 is 22.6 Å². The van der Waals surface area contributed by atoms with E-state index in [1.54, 1.807) is 12.1 Å². The SMILES string of the molecule is Oc1cc(I)ccc1CF. The van der Waals surface area contributed by atoms with Crippen molar-refractivity contribution in [2.45, 2.75) is 6.67 Å². The monoisotopic (exact) mass is 252 g/mol. The lowest BCUT2D eigenvalue weighted by molar-refractivity contribution is 0.432. The van der Waals surface area contributed by atoms with Crippen molar-refractivity contribution in [2.24, 2.45) is 0 Å². The standard InChI is InChI=1S/C7H6FIO/c8-4-5-1-2-6(9)3-7(5)10/h1-3,10H,4H2. The Hall–Kier alpha value is -0.320. The highest BCUT2D eigenvalue weighted by atomic mass is 127. The molecule has 1 aromatic carbocycles. The third-order valence-electron chi connectivity index (χ3n) is 1.19. The average Bonchev–Trinajstić information content (AvgIpc) is 1.88. The van der Waals surface area contributed by atoms with E-state index in [2.05, 4.69) is 22.6 Å². The first-order chi connectivity index (χ1) is 4.74. The fourth-order valence-electron chi connectivity index (χ4n) is 0.650. The van der Waals surface area contributed by atoms with Gasteiger partial charge in [0.15, 0.2) is 0 Å². The second-order valence-corrected chi connectivity index (χ2v) is 3.15. The van der Waals surface area contributed by atoms with Crippen LogP contribution in [-0.2, 0) is 6.67 Å². The summed E-state index contributed by atoms with van der Waals surface area (Å²) in [5, 5.41) is 9.05. The summed E-state index contributed by atoms with van der Waals surface area (Å²) in [6.07, 6.45) is 0. The van der Waals surface area contributed by atoms with E-state index in [1.165, 1.54) is 6.07 Å². The summed E-state index contributed by atoms with van der Waals surface area (Å²) < 4.78 is 12.9. The highest BCUT2D eigenvalue weighted by Gasteiger charge is 1.98. The van der Waals surface area contributed by atoms with E-state index in [-0.39, 0.29) is 5.75 Å². The molecule has 0 bridgehead atoms. The number of rotatable bonds is 1. The Labute approximate surface area is 72.0 Å². The summed E-state index contributed by atoms with van der Waals surface area (Å²) in [4.78, 5) is 0. The van der Waals surface area contributed by atoms with Crippen LogP contribution in [0.1, 0.15) is 5.56 Å². The molecule has 0 fully saturated rings. The highest BCUT2D eigenvalue weighted by Crippen LogP contribution is 2.20. The molecule has 0 spiro atoms. The van der Waals surface area contributed by atoms with Gasteiger partial charge in [0.05, 0.1) is 0 Å². The van der Waals surface area contributed by atoms with Crippen molar-refractivity contribution in [2.75, 3.05) is 0 Å². The molecule has 0 heterocycles. The van der Waals surface area contributed by atoms with Crippen LogP contribution in [0.3, 0.4) is 0 Å². The normalized spacial score (nSPS) is 9.80. The van der Waals surface area contributed by atoms with Gasteiger partial charge < -0.3 is 5.11 Å². The Bertz CT molecular complexity index is 237. The maximum atomic E-state index is 12.0. The van der Waals surface area contributed by atoms with E-state index in [4.69, 9.17) is 5.11 Å². The van der Waals surface area contributed by atoms with Crippen molar-refractivity contribution in [1.29, 1.82) is 0 Å². The van der Waals surface area contributed by atoms with Gasteiger partial charge in [-0.25, -0.2) is 4.39 Å². The predicted octanol–water partition coefficient (Wildman–Crippen LogP) is 2.47. The van der Waals surface area contributed by atoms with Crippen molar-refractivity contribution in [3.8, 4) is 5.75 Å². The summed E-state index contributed by atoms with van der Waals surface area (Å²) in [6.45, 7) is -0.608. The van der Waals surface area contributed by atoms with Gasteiger partial charge in [-0.15, -0.1) is 0 Å². The van der Waals surface area contributed by atoms with E-state index in [1.807, 2.05) is 0 Å². The Morgan fingerprint density at radius 3 is 2.70 bits per heavy atom. The van der Waals surface area contributed by atoms with Crippen LogP contribution in [0.2, 0.25) is 0 Å². The summed E-state index contributed by atoms with van der Waals surface area (Å²) in [7, 11) is 0. The lowest BCUT2D eigenvalue weighted by Gasteiger charge is -1.98. The van der Waals surface area contributed by atoms with E-state index >= 15 is 0 Å². The fraction of sp³-hybridized carbons (Fsp3) is 0.143. The van der Waals surface area contributed by atoms with Crippen LogP contribution in [0.4, 0.5) is 4.39 Å². The van der Waals surface area contributed by atoms with E-state index in [9.17, 15) is 4.39 Å².